The van der Waals surface area contributed by atoms with Gasteiger partial charge >= 0.3 is 0 Å². The van der Waals surface area contributed by atoms with Gasteiger partial charge in [-0.2, -0.15) is 0 Å². The Kier molecular flexibility index (Phi) is 3.78. The van der Waals surface area contributed by atoms with E-state index in [0.29, 0.717) is 5.56 Å². The molecule has 2 aromatic rings. The molecule has 0 heterocycles. The second kappa shape index (κ2) is 5.50. The fourth-order valence-electron chi connectivity index (χ4n) is 1.76. The van der Waals surface area contributed by atoms with Crippen LogP contribution in [0.25, 0.3) is 0 Å². The van der Waals surface area contributed by atoms with Crippen LogP contribution in [0.4, 0.5) is 0 Å². The van der Waals surface area contributed by atoms with Crippen molar-refractivity contribution in [3.63, 3.8) is 0 Å². The Bertz CT molecular complexity index is 515. The average Bonchev–Trinajstić information content (AvgIpc) is 2.40. The van der Waals surface area contributed by atoms with E-state index in [1.807, 2.05) is 49.4 Å². The van der Waals surface area contributed by atoms with Crippen molar-refractivity contribution in [3.8, 4) is 5.75 Å². The molecule has 0 fully saturated rings. The topological polar surface area (TPSA) is 26.3 Å². The molecular formula is C16H16O2. The second-order valence-electron chi connectivity index (χ2n) is 4.25. The van der Waals surface area contributed by atoms with Crippen molar-refractivity contribution in [2.24, 2.45) is 0 Å². The van der Waals surface area contributed by atoms with Gasteiger partial charge in [-0.25, -0.2) is 0 Å². The lowest BCUT2D eigenvalue weighted by molar-refractivity contribution is 0.101. The van der Waals surface area contributed by atoms with Crippen molar-refractivity contribution in [2.45, 2.75) is 20.0 Å². The van der Waals surface area contributed by atoms with Gasteiger partial charge in [-0.15, -0.1) is 0 Å². The Balaban J connectivity index is 2.08. The Hall–Kier alpha value is -2.09. The number of hydrogen-bond acceptors (Lipinski definition) is 2. The third kappa shape index (κ3) is 2.98. The highest BCUT2D eigenvalue weighted by molar-refractivity contribution is 5.94. The molecule has 2 nitrogen and oxygen atoms in total. The van der Waals surface area contributed by atoms with Crippen LogP contribution in [0.5, 0.6) is 5.75 Å². The predicted molar refractivity (Wildman–Crippen MR) is 71.9 cm³/mol. The maximum absolute atomic E-state index is 11.2. The standard InChI is InChI=1S/C16H16O2/c1-12(17)14-8-10-16(11-9-14)18-13(2)15-6-4-3-5-7-15/h3-11,13H,1-2H3/t13-/m0/s1. The van der Waals surface area contributed by atoms with Crippen molar-refractivity contribution in [1.29, 1.82) is 0 Å². The number of carbonyl (C=O) groups excluding carboxylic acids is 1. The fourth-order valence-corrected chi connectivity index (χ4v) is 1.76. The van der Waals surface area contributed by atoms with E-state index < -0.39 is 0 Å². The first-order valence-corrected chi connectivity index (χ1v) is 5.99. The number of ketones is 1. The summed E-state index contributed by atoms with van der Waals surface area (Å²) in [5.74, 6) is 0.842. The molecule has 0 saturated carbocycles. The smallest absolute Gasteiger partial charge is 0.159 e. The third-order valence-electron chi connectivity index (χ3n) is 2.84. The van der Waals surface area contributed by atoms with Gasteiger partial charge < -0.3 is 4.74 Å². The molecule has 0 saturated heterocycles. The largest absolute Gasteiger partial charge is 0.486 e. The zero-order valence-corrected chi connectivity index (χ0v) is 10.6. The quantitative estimate of drug-likeness (QED) is 0.754. The van der Waals surface area contributed by atoms with E-state index in [4.69, 9.17) is 4.74 Å². The minimum absolute atomic E-state index is 0.00521. The van der Waals surface area contributed by atoms with Gasteiger partial charge in [0.05, 0.1) is 0 Å². The van der Waals surface area contributed by atoms with Crippen LogP contribution in [0, 0.1) is 0 Å². The molecule has 2 rings (SSSR count). The highest BCUT2D eigenvalue weighted by Gasteiger charge is 2.06. The van der Waals surface area contributed by atoms with Crippen LogP contribution in [0.15, 0.2) is 54.6 Å². The van der Waals surface area contributed by atoms with Crippen LogP contribution >= 0.6 is 0 Å². The first kappa shape index (κ1) is 12.4. The lowest BCUT2D eigenvalue weighted by Gasteiger charge is -2.15. The van der Waals surface area contributed by atoms with E-state index in [-0.39, 0.29) is 11.9 Å². The first-order valence-electron chi connectivity index (χ1n) is 5.99. The molecule has 0 unspecified atom stereocenters. The van der Waals surface area contributed by atoms with Crippen LogP contribution in [-0.4, -0.2) is 5.78 Å². The number of hydrogen-bond donors (Lipinski definition) is 0. The molecule has 0 aromatic heterocycles. The van der Waals surface area contributed by atoms with Gasteiger partial charge in [0.15, 0.2) is 5.78 Å². The summed E-state index contributed by atoms with van der Waals surface area (Å²) >= 11 is 0. The first-order chi connectivity index (χ1) is 8.66. The van der Waals surface area contributed by atoms with Gasteiger partial charge in [0.2, 0.25) is 0 Å². The van der Waals surface area contributed by atoms with Crippen molar-refractivity contribution < 1.29 is 9.53 Å². The van der Waals surface area contributed by atoms with E-state index in [1.54, 1.807) is 19.1 Å². The van der Waals surface area contributed by atoms with Gasteiger partial charge in [-0.05, 0) is 43.7 Å². The third-order valence-corrected chi connectivity index (χ3v) is 2.84. The monoisotopic (exact) mass is 240 g/mol. The minimum atomic E-state index is -0.00521. The summed E-state index contributed by atoms with van der Waals surface area (Å²) in [7, 11) is 0. The molecule has 0 aliphatic carbocycles. The molecule has 0 N–H and O–H groups in total. The number of carbonyl (C=O) groups is 1. The van der Waals surface area contributed by atoms with E-state index >= 15 is 0 Å². The molecule has 0 aliphatic rings. The SMILES string of the molecule is CC(=O)c1ccc(O[C@@H](C)c2ccccc2)cc1. The number of rotatable bonds is 4. The Labute approximate surface area is 107 Å². The summed E-state index contributed by atoms with van der Waals surface area (Å²) in [6, 6.07) is 17.3. The molecule has 0 amide bonds. The zero-order valence-electron chi connectivity index (χ0n) is 10.6. The summed E-state index contributed by atoms with van der Waals surface area (Å²) in [5.41, 5.74) is 1.84. The van der Waals surface area contributed by atoms with Gasteiger partial charge in [0, 0.05) is 5.56 Å². The number of Topliss-reactive ketones (excluding diaryl/α,β-unsaturated/α-hetero) is 1. The molecule has 0 spiro atoms. The summed E-state index contributed by atoms with van der Waals surface area (Å²) in [6.07, 6.45) is -0.00521. The van der Waals surface area contributed by atoms with E-state index in [2.05, 4.69) is 0 Å². The van der Waals surface area contributed by atoms with E-state index in [0.717, 1.165) is 11.3 Å². The molecule has 2 aromatic carbocycles. The minimum Gasteiger partial charge on any atom is -0.486 e. The van der Waals surface area contributed by atoms with Crippen molar-refractivity contribution in [1.82, 2.24) is 0 Å². The zero-order chi connectivity index (χ0) is 13.0. The highest BCUT2D eigenvalue weighted by Crippen LogP contribution is 2.21. The highest BCUT2D eigenvalue weighted by atomic mass is 16.5. The van der Waals surface area contributed by atoms with Crippen LogP contribution in [0.1, 0.15) is 35.9 Å². The summed E-state index contributed by atoms with van der Waals surface area (Å²) < 4.78 is 5.82. The predicted octanol–water partition coefficient (Wildman–Crippen LogP) is 4.03. The van der Waals surface area contributed by atoms with Crippen molar-refractivity contribution >= 4 is 5.78 Å². The van der Waals surface area contributed by atoms with Gasteiger partial charge in [-0.1, -0.05) is 30.3 Å². The normalized spacial score (nSPS) is 11.9. The summed E-state index contributed by atoms with van der Waals surface area (Å²) in [6.45, 7) is 3.57. The maximum atomic E-state index is 11.2. The molecule has 1 atom stereocenters. The van der Waals surface area contributed by atoms with Gasteiger partial charge in [0.1, 0.15) is 11.9 Å². The summed E-state index contributed by atoms with van der Waals surface area (Å²) in [5, 5.41) is 0. The van der Waals surface area contributed by atoms with E-state index in [9.17, 15) is 4.79 Å². The summed E-state index contributed by atoms with van der Waals surface area (Å²) in [4.78, 5) is 11.2. The maximum Gasteiger partial charge on any atom is 0.159 e. The molecule has 18 heavy (non-hydrogen) atoms. The molecule has 92 valence electrons. The lowest BCUT2D eigenvalue weighted by atomic mass is 10.1. The Morgan fingerprint density at radius 1 is 1.00 bits per heavy atom. The van der Waals surface area contributed by atoms with Crippen LogP contribution in [0.3, 0.4) is 0 Å². The van der Waals surface area contributed by atoms with Crippen LogP contribution < -0.4 is 4.74 Å². The molecule has 0 radical (unpaired) electrons. The average molecular weight is 240 g/mol. The Morgan fingerprint density at radius 3 is 2.17 bits per heavy atom. The van der Waals surface area contributed by atoms with E-state index in [1.165, 1.54) is 0 Å². The number of benzene rings is 2. The fraction of sp³-hybridized carbons (Fsp3) is 0.188. The molecular weight excluding hydrogens is 224 g/mol. The molecule has 2 heteroatoms. The van der Waals surface area contributed by atoms with Crippen molar-refractivity contribution in [2.75, 3.05) is 0 Å². The van der Waals surface area contributed by atoms with Gasteiger partial charge in [0.25, 0.3) is 0 Å². The lowest BCUT2D eigenvalue weighted by Crippen LogP contribution is -2.03. The second-order valence-corrected chi connectivity index (χ2v) is 4.25. The van der Waals surface area contributed by atoms with Crippen LogP contribution in [0.2, 0.25) is 0 Å². The van der Waals surface area contributed by atoms with Crippen molar-refractivity contribution in [3.05, 3.63) is 65.7 Å². The number of ether oxygens (including phenoxy) is 1. The molecule has 0 bridgehead atoms. The van der Waals surface area contributed by atoms with Gasteiger partial charge in [-0.3, -0.25) is 4.79 Å². The van der Waals surface area contributed by atoms with Crippen LogP contribution in [-0.2, 0) is 0 Å². The Morgan fingerprint density at radius 2 is 1.61 bits per heavy atom. The molecule has 0 aliphatic heterocycles.